The minimum atomic E-state index is -3.01. The van der Waals surface area contributed by atoms with Gasteiger partial charge in [-0.2, -0.15) is 0 Å². The number of nitrogens with zero attached hydrogens (tertiary/aromatic N) is 2. The predicted octanol–water partition coefficient (Wildman–Crippen LogP) is 1.66. The van der Waals surface area contributed by atoms with Crippen LogP contribution in [0.25, 0.3) is 5.69 Å². The van der Waals surface area contributed by atoms with Crippen LogP contribution < -0.4 is 10.1 Å². The lowest BCUT2D eigenvalue weighted by atomic mass is 10.2. The fraction of sp³-hybridized carbons (Fsp3) is 0.412. The number of carbonyl (C=O) groups excluding carboxylic acids is 1. The fourth-order valence-corrected chi connectivity index (χ4v) is 5.32. The smallest absolute Gasteiger partial charge is 0.233 e. The first-order chi connectivity index (χ1) is 12.4. The molecule has 140 valence electrons. The third-order valence-electron chi connectivity index (χ3n) is 4.19. The van der Waals surface area contributed by atoms with Gasteiger partial charge in [0.25, 0.3) is 0 Å². The second-order valence-electron chi connectivity index (χ2n) is 6.15. The molecule has 2 heterocycles. The molecule has 2 aromatic rings. The summed E-state index contributed by atoms with van der Waals surface area (Å²) in [5.74, 6) is 0.751. The van der Waals surface area contributed by atoms with Crippen LogP contribution in [0.15, 0.2) is 41.8 Å². The number of sulfone groups is 1. The van der Waals surface area contributed by atoms with Crippen LogP contribution in [0.4, 0.5) is 0 Å². The number of hydrogen-bond acceptors (Lipinski definition) is 6. The molecule has 1 N–H and O–H groups in total. The van der Waals surface area contributed by atoms with Crippen molar-refractivity contribution in [1.29, 1.82) is 0 Å². The van der Waals surface area contributed by atoms with Crippen molar-refractivity contribution in [2.24, 2.45) is 0 Å². The van der Waals surface area contributed by atoms with E-state index in [4.69, 9.17) is 4.74 Å². The summed E-state index contributed by atoms with van der Waals surface area (Å²) in [7, 11) is -1.40. The number of amides is 1. The number of methoxy groups -OCH3 is 1. The summed E-state index contributed by atoms with van der Waals surface area (Å²) < 4.78 is 30.1. The maximum Gasteiger partial charge on any atom is 0.233 e. The zero-order valence-electron chi connectivity index (χ0n) is 14.6. The van der Waals surface area contributed by atoms with Crippen molar-refractivity contribution < 1.29 is 17.9 Å². The summed E-state index contributed by atoms with van der Waals surface area (Å²) in [6, 6.07) is 7.26. The van der Waals surface area contributed by atoms with Crippen molar-refractivity contribution in [2.75, 3.05) is 18.6 Å². The number of thioether (sulfide) groups is 1. The van der Waals surface area contributed by atoms with Crippen LogP contribution in [0, 0.1) is 0 Å². The molecule has 2 atom stereocenters. The summed E-state index contributed by atoms with van der Waals surface area (Å²) in [6.45, 7) is 1.79. The van der Waals surface area contributed by atoms with Crippen LogP contribution in [-0.2, 0) is 14.6 Å². The van der Waals surface area contributed by atoms with Crippen LogP contribution in [0.2, 0.25) is 0 Å². The van der Waals surface area contributed by atoms with Gasteiger partial charge in [0.15, 0.2) is 15.0 Å². The Hall–Kier alpha value is -2.00. The van der Waals surface area contributed by atoms with Crippen molar-refractivity contribution in [1.82, 2.24) is 14.9 Å². The quantitative estimate of drug-likeness (QED) is 0.748. The van der Waals surface area contributed by atoms with E-state index in [-0.39, 0.29) is 23.5 Å². The van der Waals surface area contributed by atoms with Gasteiger partial charge in [-0.25, -0.2) is 13.4 Å². The van der Waals surface area contributed by atoms with Gasteiger partial charge in [0.2, 0.25) is 5.91 Å². The topological polar surface area (TPSA) is 90.3 Å². The summed E-state index contributed by atoms with van der Waals surface area (Å²) in [4.78, 5) is 16.7. The van der Waals surface area contributed by atoms with Gasteiger partial charge in [-0.3, -0.25) is 9.36 Å². The molecule has 1 aliphatic rings. The van der Waals surface area contributed by atoms with Crippen molar-refractivity contribution in [3.05, 3.63) is 36.7 Å². The van der Waals surface area contributed by atoms with E-state index >= 15 is 0 Å². The molecule has 9 heteroatoms. The van der Waals surface area contributed by atoms with E-state index in [9.17, 15) is 13.2 Å². The van der Waals surface area contributed by atoms with Gasteiger partial charge in [-0.1, -0.05) is 11.8 Å². The Morgan fingerprint density at radius 3 is 2.73 bits per heavy atom. The summed E-state index contributed by atoms with van der Waals surface area (Å²) >= 11 is 1.33. The maximum atomic E-state index is 12.4. The molecule has 1 saturated heterocycles. The van der Waals surface area contributed by atoms with Gasteiger partial charge in [0, 0.05) is 24.1 Å². The number of imidazole rings is 1. The number of nitrogens with one attached hydrogen (secondary N) is 1. The van der Waals surface area contributed by atoms with E-state index in [1.54, 1.807) is 20.2 Å². The van der Waals surface area contributed by atoms with E-state index in [0.717, 1.165) is 11.4 Å². The maximum absolute atomic E-state index is 12.4. The highest BCUT2D eigenvalue weighted by Crippen LogP contribution is 2.26. The zero-order valence-corrected chi connectivity index (χ0v) is 16.2. The molecule has 0 radical (unpaired) electrons. The Morgan fingerprint density at radius 2 is 2.12 bits per heavy atom. The Kier molecular flexibility index (Phi) is 5.57. The lowest BCUT2D eigenvalue weighted by Gasteiger charge is -2.16. The second kappa shape index (κ2) is 7.71. The highest BCUT2D eigenvalue weighted by molar-refractivity contribution is 8.00. The van der Waals surface area contributed by atoms with Gasteiger partial charge in [-0.15, -0.1) is 0 Å². The van der Waals surface area contributed by atoms with Crippen molar-refractivity contribution >= 4 is 27.5 Å². The fourth-order valence-electron chi connectivity index (χ4n) is 2.76. The number of aromatic nitrogens is 2. The third-order valence-corrected chi connectivity index (χ3v) is 7.04. The van der Waals surface area contributed by atoms with Crippen molar-refractivity contribution in [3.63, 3.8) is 0 Å². The van der Waals surface area contributed by atoms with Gasteiger partial charge in [0.05, 0.1) is 23.9 Å². The molecule has 0 spiro atoms. The molecule has 1 fully saturated rings. The number of carbonyl (C=O) groups is 1. The van der Waals surface area contributed by atoms with E-state index < -0.39 is 15.1 Å². The normalized spacial score (nSPS) is 19.8. The highest BCUT2D eigenvalue weighted by atomic mass is 32.2. The number of ether oxygens (including phenoxy) is 1. The van der Waals surface area contributed by atoms with E-state index in [0.29, 0.717) is 11.6 Å². The first kappa shape index (κ1) is 18.8. The van der Waals surface area contributed by atoms with Gasteiger partial charge < -0.3 is 10.1 Å². The molecular weight excluding hydrogens is 374 g/mol. The van der Waals surface area contributed by atoms with Gasteiger partial charge in [0.1, 0.15) is 5.75 Å². The molecule has 1 aliphatic heterocycles. The number of rotatable bonds is 6. The molecule has 26 heavy (non-hydrogen) atoms. The third kappa shape index (κ3) is 4.39. The lowest BCUT2D eigenvalue weighted by molar-refractivity contribution is -0.120. The van der Waals surface area contributed by atoms with Crippen LogP contribution in [0.3, 0.4) is 0 Å². The van der Waals surface area contributed by atoms with Crippen LogP contribution in [-0.4, -0.2) is 53.8 Å². The number of hydrogen-bond donors (Lipinski definition) is 1. The standard InChI is InChI=1S/C17H21N3O4S2/c1-12(16(21)19-13-7-10-26(22,23)11-13)25-17-18-8-9-20(17)14-3-5-15(24-2)6-4-14/h3-6,8-9,12-13H,7,10-11H2,1-2H3,(H,19,21)/t12-,13+/m0/s1. The van der Waals surface area contributed by atoms with E-state index in [2.05, 4.69) is 10.3 Å². The van der Waals surface area contributed by atoms with E-state index in [1.807, 2.05) is 35.0 Å². The molecule has 0 saturated carbocycles. The highest BCUT2D eigenvalue weighted by Gasteiger charge is 2.30. The molecule has 0 bridgehead atoms. The largest absolute Gasteiger partial charge is 0.497 e. The zero-order chi connectivity index (χ0) is 18.7. The first-order valence-electron chi connectivity index (χ1n) is 8.23. The average molecular weight is 396 g/mol. The molecule has 7 nitrogen and oxygen atoms in total. The Morgan fingerprint density at radius 1 is 1.38 bits per heavy atom. The SMILES string of the molecule is COc1ccc(-n2ccnc2S[C@@H](C)C(=O)N[C@@H]2CCS(=O)(=O)C2)cc1. The molecule has 1 aromatic heterocycles. The monoisotopic (exact) mass is 395 g/mol. The van der Waals surface area contributed by atoms with E-state index in [1.165, 1.54) is 11.8 Å². The molecule has 0 aliphatic carbocycles. The molecular formula is C17H21N3O4S2. The minimum Gasteiger partial charge on any atom is -0.497 e. The molecule has 3 rings (SSSR count). The Bertz CT molecular complexity index is 878. The minimum absolute atomic E-state index is 0.0244. The Labute approximate surface area is 157 Å². The average Bonchev–Trinajstić information content (AvgIpc) is 3.21. The van der Waals surface area contributed by atoms with Crippen LogP contribution in [0.1, 0.15) is 13.3 Å². The first-order valence-corrected chi connectivity index (χ1v) is 10.9. The molecule has 0 unspecified atom stereocenters. The van der Waals surface area contributed by atoms with Gasteiger partial charge in [-0.05, 0) is 37.6 Å². The summed E-state index contributed by atoms with van der Waals surface area (Å²) in [5, 5.41) is 3.13. The molecule has 1 amide bonds. The van der Waals surface area contributed by atoms with Crippen molar-refractivity contribution in [3.8, 4) is 11.4 Å². The summed E-state index contributed by atoms with van der Waals surface area (Å²) in [6.07, 6.45) is 3.99. The van der Waals surface area contributed by atoms with Crippen LogP contribution in [0.5, 0.6) is 5.75 Å². The van der Waals surface area contributed by atoms with Crippen molar-refractivity contribution in [2.45, 2.75) is 29.8 Å². The number of benzene rings is 1. The van der Waals surface area contributed by atoms with Gasteiger partial charge >= 0.3 is 0 Å². The second-order valence-corrected chi connectivity index (χ2v) is 9.68. The van der Waals surface area contributed by atoms with Crippen LogP contribution >= 0.6 is 11.8 Å². The predicted molar refractivity (Wildman–Crippen MR) is 101 cm³/mol. The summed E-state index contributed by atoms with van der Waals surface area (Å²) in [5.41, 5.74) is 0.917. The Balaban J connectivity index is 1.65. The lowest BCUT2D eigenvalue weighted by Crippen LogP contribution is -2.40. The molecule has 1 aromatic carbocycles.